The number of anilines is 1. The van der Waals surface area contributed by atoms with E-state index in [-0.39, 0.29) is 0 Å². The molecule has 0 spiro atoms. The van der Waals surface area contributed by atoms with E-state index in [9.17, 15) is 0 Å². The highest BCUT2D eigenvalue weighted by molar-refractivity contribution is 5.56. The summed E-state index contributed by atoms with van der Waals surface area (Å²) in [5.74, 6) is 1.15. The lowest BCUT2D eigenvalue weighted by atomic mass is 10.3. The molecule has 116 valence electrons. The van der Waals surface area contributed by atoms with Crippen LogP contribution in [0.5, 0.6) is 0 Å². The summed E-state index contributed by atoms with van der Waals surface area (Å²) >= 11 is 0. The third-order valence-corrected chi connectivity index (χ3v) is 3.61. The molecule has 0 aliphatic carbocycles. The maximum Gasteiger partial charge on any atom is 0.152 e. The molecule has 0 unspecified atom stereocenters. The molecule has 0 amide bonds. The molecular weight excluding hydrogens is 260 g/mol. The smallest absolute Gasteiger partial charge is 0.152 e. The van der Waals surface area contributed by atoms with Gasteiger partial charge in [0.2, 0.25) is 0 Å². The van der Waals surface area contributed by atoms with Crippen molar-refractivity contribution in [1.29, 1.82) is 0 Å². The fourth-order valence-electron chi connectivity index (χ4n) is 2.70. The van der Waals surface area contributed by atoms with Gasteiger partial charge >= 0.3 is 0 Å². The monoisotopic (exact) mass is 288 g/mol. The van der Waals surface area contributed by atoms with Crippen molar-refractivity contribution in [2.75, 3.05) is 24.5 Å². The number of nitrogens with one attached hydrogen (secondary N) is 1. The van der Waals surface area contributed by atoms with Gasteiger partial charge in [-0.1, -0.05) is 26.8 Å². The molecule has 0 saturated heterocycles. The van der Waals surface area contributed by atoms with E-state index in [0.29, 0.717) is 0 Å². The summed E-state index contributed by atoms with van der Waals surface area (Å²) in [6, 6.07) is 6.22. The molecule has 0 aliphatic rings. The van der Waals surface area contributed by atoms with Crippen LogP contribution >= 0.6 is 0 Å². The maximum absolute atomic E-state index is 4.88. The van der Waals surface area contributed by atoms with E-state index in [1.54, 1.807) is 0 Å². The van der Waals surface area contributed by atoms with Crippen LogP contribution in [-0.2, 0) is 6.54 Å². The summed E-state index contributed by atoms with van der Waals surface area (Å²) in [6.45, 7) is 10.7. The Morgan fingerprint density at radius 1 is 1.10 bits per heavy atom. The van der Waals surface area contributed by atoms with Crippen LogP contribution in [0.1, 0.15) is 45.7 Å². The second kappa shape index (κ2) is 8.03. The summed E-state index contributed by atoms with van der Waals surface area (Å²) in [5.41, 5.74) is 2.32. The van der Waals surface area contributed by atoms with Crippen LogP contribution in [0.3, 0.4) is 0 Å². The second-order valence-electron chi connectivity index (χ2n) is 5.47. The van der Waals surface area contributed by atoms with Crippen LogP contribution in [0.15, 0.2) is 24.4 Å². The molecule has 0 aromatic carbocycles. The standard InChI is InChI=1S/C17H28N4/c1-4-10-18-14-15-17(20(11-5-2)12-6-3)19-16-9-7-8-13-21(15)16/h7-9,13,18H,4-6,10-12,14H2,1-3H3. The molecule has 0 radical (unpaired) electrons. The minimum atomic E-state index is 0.873. The van der Waals surface area contributed by atoms with E-state index >= 15 is 0 Å². The fourth-order valence-corrected chi connectivity index (χ4v) is 2.70. The zero-order valence-corrected chi connectivity index (χ0v) is 13.6. The Labute approximate surface area is 128 Å². The summed E-state index contributed by atoms with van der Waals surface area (Å²) < 4.78 is 2.22. The zero-order chi connectivity index (χ0) is 15.1. The molecule has 4 heteroatoms. The number of fused-ring (bicyclic) bond motifs is 1. The quantitative estimate of drug-likeness (QED) is 0.717. The van der Waals surface area contributed by atoms with Crippen LogP contribution in [0.2, 0.25) is 0 Å². The predicted molar refractivity (Wildman–Crippen MR) is 90.0 cm³/mol. The van der Waals surface area contributed by atoms with Gasteiger partial charge in [0.15, 0.2) is 5.82 Å². The summed E-state index contributed by atoms with van der Waals surface area (Å²) in [5, 5.41) is 3.52. The Hall–Kier alpha value is -1.55. The molecule has 2 heterocycles. The Morgan fingerprint density at radius 2 is 1.86 bits per heavy atom. The lowest BCUT2D eigenvalue weighted by Crippen LogP contribution is -2.27. The van der Waals surface area contributed by atoms with E-state index in [1.807, 2.05) is 0 Å². The van der Waals surface area contributed by atoms with Gasteiger partial charge < -0.3 is 14.6 Å². The van der Waals surface area contributed by atoms with Gasteiger partial charge in [0.05, 0.1) is 5.69 Å². The number of rotatable bonds is 9. The minimum Gasteiger partial charge on any atom is -0.355 e. The van der Waals surface area contributed by atoms with E-state index < -0.39 is 0 Å². The molecule has 0 bridgehead atoms. The molecule has 2 aromatic heterocycles. The van der Waals surface area contributed by atoms with Gasteiger partial charge in [0, 0.05) is 25.8 Å². The maximum atomic E-state index is 4.88. The molecule has 0 fully saturated rings. The predicted octanol–water partition coefficient (Wildman–Crippen LogP) is 3.46. The molecule has 0 aliphatic heterocycles. The summed E-state index contributed by atoms with van der Waals surface area (Å²) in [4.78, 5) is 7.30. The highest BCUT2D eigenvalue weighted by atomic mass is 15.2. The van der Waals surface area contributed by atoms with Crippen molar-refractivity contribution < 1.29 is 0 Å². The molecular formula is C17H28N4. The molecule has 1 N–H and O–H groups in total. The third kappa shape index (κ3) is 3.76. The molecule has 0 atom stereocenters. The normalized spacial score (nSPS) is 11.2. The zero-order valence-electron chi connectivity index (χ0n) is 13.6. The number of pyridine rings is 1. The van der Waals surface area contributed by atoms with Crippen molar-refractivity contribution in [2.45, 2.75) is 46.6 Å². The topological polar surface area (TPSA) is 32.6 Å². The Balaban J connectivity index is 2.36. The second-order valence-corrected chi connectivity index (χ2v) is 5.47. The van der Waals surface area contributed by atoms with E-state index in [2.05, 4.69) is 59.8 Å². The third-order valence-electron chi connectivity index (χ3n) is 3.61. The van der Waals surface area contributed by atoms with Crippen molar-refractivity contribution in [2.24, 2.45) is 0 Å². The first-order chi connectivity index (χ1) is 10.3. The van der Waals surface area contributed by atoms with Crippen LogP contribution in [0.25, 0.3) is 5.65 Å². The van der Waals surface area contributed by atoms with Crippen molar-refractivity contribution in [3.05, 3.63) is 30.1 Å². The first-order valence-corrected chi connectivity index (χ1v) is 8.23. The summed E-state index contributed by atoms with van der Waals surface area (Å²) in [6.07, 6.45) is 5.57. The van der Waals surface area contributed by atoms with Crippen LogP contribution in [-0.4, -0.2) is 29.0 Å². The average molecular weight is 288 g/mol. The van der Waals surface area contributed by atoms with Crippen molar-refractivity contribution >= 4 is 11.5 Å². The number of nitrogens with zero attached hydrogens (tertiary/aromatic N) is 3. The van der Waals surface area contributed by atoms with Crippen LogP contribution < -0.4 is 10.2 Å². The SMILES string of the molecule is CCCNCc1c(N(CCC)CCC)nc2ccccn12. The Morgan fingerprint density at radius 3 is 2.52 bits per heavy atom. The largest absolute Gasteiger partial charge is 0.355 e. The van der Waals surface area contributed by atoms with Crippen LogP contribution in [0.4, 0.5) is 5.82 Å². The van der Waals surface area contributed by atoms with Crippen molar-refractivity contribution in [1.82, 2.24) is 14.7 Å². The van der Waals surface area contributed by atoms with Gasteiger partial charge in [-0.05, 0) is 37.9 Å². The lowest BCUT2D eigenvalue weighted by Gasteiger charge is -2.22. The molecule has 2 rings (SSSR count). The van der Waals surface area contributed by atoms with Gasteiger partial charge in [-0.3, -0.25) is 0 Å². The molecule has 0 saturated carbocycles. The Kier molecular flexibility index (Phi) is 6.05. The van der Waals surface area contributed by atoms with Gasteiger partial charge in [0.1, 0.15) is 5.65 Å². The van der Waals surface area contributed by atoms with Crippen LogP contribution in [0, 0.1) is 0 Å². The van der Waals surface area contributed by atoms with E-state index in [4.69, 9.17) is 4.98 Å². The summed E-state index contributed by atoms with van der Waals surface area (Å²) in [7, 11) is 0. The van der Waals surface area contributed by atoms with Crippen molar-refractivity contribution in [3.63, 3.8) is 0 Å². The van der Waals surface area contributed by atoms with Gasteiger partial charge in [-0.2, -0.15) is 0 Å². The number of hydrogen-bond acceptors (Lipinski definition) is 3. The molecule has 2 aromatic rings. The van der Waals surface area contributed by atoms with E-state index in [1.165, 1.54) is 5.69 Å². The first kappa shape index (κ1) is 15.8. The number of hydrogen-bond donors (Lipinski definition) is 1. The molecule has 21 heavy (non-hydrogen) atoms. The average Bonchev–Trinajstić information content (AvgIpc) is 2.86. The van der Waals surface area contributed by atoms with Gasteiger partial charge in [-0.15, -0.1) is 0 Å². The van der Waals surface area contributed by atoms with Gasteiger partial charge in [0.25, 0.3) is 0 Å². The number of imidazole rings is 1. The minimum absolute atomic E-state index is 0.873. The fraction of sp³-hybridized carbons (Fsp3) is 0.588. The molecule has 4 nitrogen and oxygen atoms in total. The Bertz CT molecular complexity index is 541. The highest BCUT2D eigenvalue weighted by Gasteiger charge is 2.16. The van der Waals surface area contributed by atoms with E-state index in [0.717, 1.165) is 56.9 Å². The number of aromatic nitrogens is 2. The first-order valence-electron chi connectivity index (χ1n) is 8.23. The van der Waals surface area contributed by atoms with Crippen molar-refractivity contribution in [3.8, 4) is 0 Å². The highest BCUT2D eigenvalue weighted by Crippen LogP contribution is 2.22. The lowest BCUT2D eigenvalue weighted by molar-refractivity contribution is 0.654. The van der Waals surface area contributed by atoms with Gasteiger partial charge in [-0.25, -0.2) is 4.98 Å².